The molecule has 0 radical (unpaired) electrons. The van der Waals surface area contributed by atoms with Crippen LogP contribution in [0.3, 0.4) is 0 Å². The lowest BCUT2D eigenvalue weighted by Gasteiger charge is -2.12. The number of pyridine rings is 1. The predicted molar refractivity (Wildman–Crippen MR) is 147 cm³/mol. The molecule has 0 unspecified atom stereocenters. The summed E-state index contributed by atoms with van der Waals surface area (Å²) in [6.07, 6.45) is 1.84. The van der Waals surface area contributed by atoms with Crippen LogP contribution in [-0.4, -0.2) is 18.0 Å². The predicted octanol–water partition coefficient (Wildman–Crippen LogP) is 6.17. The quantitative estimate of drug-likeness (QED) is 0.180. The normalized spacial score (nSPS) is 10.8. The maximum Gasteiger partial charge on any atom is 0.294 e. The number of rotatable bonds is 7. The number of aromatic nitrogens is 1. The molecule has 4 rings (SSSR count). The molecule has 0 aliphatic rings. The third-order valence-electron chi connectivity index (χ3n) is 5.10. The van der Waals surface area contributed by atoms with Gasteiger partial charge in [-0.15, -0.1) is 0 Å². The van der Waals surface area contributed by atoms with E-state index in [1.807, 2.05) is 62.5 Å². The van der Waals surface area contributed by atoms with Gasteiger partial charge in [0.2, 0.25) is 0 Å². The summed E-state index contributed by atoms with van der Waals surface area (Å²) in [5.74, 6) is 0.759. The van der Waals surface area contributed by atoms with Crippen LogP contribution in [0, 0.1) is 13.8 Å². The molecule has 188 valence electrons. The molecule has 9 heteroatoms. The maximum atomic E-state index is 10.5. The molecular formula is C27H28BrN3O4S. The highest BCUT2D eigenvalue weighted by Crippen LogP contribution is 2.26. The number of halogens is 1. The Bertz CT molecular complexity index is 1380. The summed E-state index contributed by atoms with van der Waals surface area (Å²) in [6.45, 7) is 4.98. The van der Waals surface area contributed by atoms with E-state index in [0.29, 0.717) is 18.8 Å². The Hall–Kier alpha value is -3.40. The standard InChI is InChI=1S/C20H20BrN3O.C7H8O3S/c1-14-2-7-17(23-11-14)13-25-18-8-9-19(22)20(10-18)24-12-15-3-5-16(21)6-4-15;1-6-2-4-7(5-3-6)11(8,9)10/h2-11,24H,12-13,22H2,1H3;2-5H,1H3,(H,8,9,10). The van der Waals surface area contributed by atoms with Gasteiger partial charge in [-0.1, -0.05) is 51.8 Å². The van der Waals surface area contributed by atoms with Crippen molar-refractivity contribution in [2.45, 2.75) is 31.9 Å². The van der Waals surface area contributed by atoms with Crippen LogP contribution in [0.2, 0.25) is 0 Å². The number of aryl methyl sites for hydroxylation is 2. The molecule has 0 aliphatic heterocycles. The number of nitrogens with one attached hydrogen (secondary N) is 1. The van der Waals surface area contributed by atoms with Crippen LogP contribution in [0.1, 0.15) is 22.4 Å². The first-order valence-corrected chi connectivity index (χ1v) is 13.3. The molecule has 0 bridgehead atoms. The number of nitrogens with zero attached hydrogens (tertiary/aromatic N) is 1. The number of nitrogens with two attached hydrogens (primary N) is 1. The Morgan fingerprint density at radius 2 is 1.61 bits per heavy atom. The van der Waals surface area contributed by atoms with Gasteiger partial charge in [0.05, 0.1) is 22.0 Å². The zero-order valence-electron chi connectivity index (χ0n) is 20.0. The topological polar surface area (TPSA) is 115 Å². The summed E-state index contributed by atoms with van der Waals surface area (Å²) < 4.78 is 36.4. The van der Waals surface area contributed by atoms with E-state index in [-0.39, 0.29) is 4.90 Å². The van der Waals surface area contributed by atoms with Gasteiger partial charge >= 0.3 is 0 Å². The zero-order valence-corrected chi connectivity index (χ0v) is 22.4. The van der Waals surface area contributed by atoms with Crippen LogP contribution in [0.15, 0.2) is 94.4 Å². The van der Waals surface area contributed by atoms with Crippen molar-refractivity contribution >= 4 is 37.4 Å². The monoisotopic (exact) mass is 569 g/mol. The van der Waals surface area contributed by atoms with Gasteiger partial charge in [-0.05, 0) is 67.4 Å². The van der Waals surface area contributed by atoms with Gasteiger partial charge in [0.25, 0.3) is 10.1 Å². The minimum Gasteiger partial charge on any atom is -0.487 e. The van der Waals surface area contributed by atoms with Crippen molar-refractivity contribution in [1.82, 2.24) is 4.98 Å². The fourth-order valence-electron chi connectivity index (χ4n) is 3.03. The summed E-state index contributed by atoms with van der Waals surface area (Å²) in [4.78, 5) is 4.28. The zero-order chi connectivity index (χ0) is 26.1. The first kappa shape index (κ1) is 27.2. The Morgan fingerprint density at radius 3 is 2.22 bits per heavy atom. The van der Waals surface area contributed by atoms with Crippen LogP contribution in [0.25, 0.3) is 0 Å². The Kier molecular flexibility index (Phi) is 9.46. The number of anilines is 2. The van der Waals surface area contributed by atoms with E-state index in [9.17, 15) is 8.42 Å². The largest absolute Gasteiger partial charge is 0.487 e. The fourth-order valence-corrected chi connectivity index (χ4v) is 3.77. The summed E-state index contributed by atoms with van der Waals surface area (Å²) in [7, 11) is -4.02. The lowest BCUT2D eigenvalue weighted by atomic mass is 10.2. The molecule has 4 N–H and O–H groups in total. The van der Waals surface area contributed by atoms with Gasteiger partial charge < -0.3 is 15.8 Å². The molecule has 1 aromatic heterocycles. The van der Waals surface area contributed by atoms with E-state index in [1.165, 1.54) is 17.7 Å². The Balaban J connectivity index is 0.000000275. The average molecular weight is 571 g/mol. The molecule has 4 aromatic rings. The molecule has 7 nitrogen and oxygen atoms in total. The number of ether oxygens (including phenoxy) is 1. The van der Waals surface area contributed by atoms with Gasteiger partial charge in [0.1, 0.15) is 12.4 Å². The smallest absolute Gasteiger partial charge is 0.294 e. The lowest BCUT2D eigenvalue weighted by Crippen LogP contribution is -2.04. The highest BCUT2D eigenvalue weighted by molar-refractivity contribution is 9.10. The Morgan fingerprint density at radius 1 is 0.944 bits per heavy atom. The highest BCUT2D eigenvalue weighted by Gasteiger charge is 2.07. The minimum absolute atomic E-state index is 0.0666. The average Bonchev–Trinajstić information content (AvgIpc) is 2.85. The number of nitrogen functional groups attached to an aromatic ring is 1. The third-order valence-corrected chi connectivity index (χ3v) is 6.50. The molecule has 3 aromatic carbocycles. The molecule has 0 spiro atoms. The molecule has 0 fully saturated rings. The molecule has 0 saturated heterocycles. The SMILES string of the molecule is Cc1ccc(COc2ccc(N)c(NCc3ccc(Br)cc3)c2)nc1.Cc1ccc(S(=O)(=O)O)cc1. The third kappa shape index (κ3) is 8.67. The van der Waals surface area contributed by atoms with Crippen molar-refractivity contribution in [3.05, 3.63) is 112 Å². The van der Waals surface area contributed by atoms with Crippen molar-refractivity contribution in [2.75, 3.05) is 11.1 Å². The molecular weight excluding hydrogens is 542 g/mol. The maximum absolute atomic E-state index is 10.5. The fraction of sp³-hybridized carbons (Fsp3) is 0.148. The van der Waals surface area contributed by atoms with Gasteiger partial charge in [-0.25, -0.2) is 0 Å². The Labute approximate surface area is 220 Å². The van der Waals surface area contributed by atoms with E-state index in [0.717, 1.165) is 32.7 Å². The van der Waals surface area contributed by atoms with Crippen LogP contribution in [0.5, 0.6) is 5.75 Å². The van der Waals surface area contributed by atoms with Crippen molar-refractivity contribution in [1.29, 1.82) is 0 Å². The van der Waals surface area contributed by atoms with Crippen molar-refractivity contribution in [3.63, 3.8) is 0 Å². The van der Waals surface area contributed by atoms with Crippen molar-refractivity contribution in [3.8, 4) is 5.75 Å². The number of benzene rings is 3. The highest BCUT2D eigenvalue weighted by atomic mass is 79.9. The second kappa shape index (κ2) is 12.5. The van der Waals surface area contributed by atoms with Crippen LogP contribution < -0.4 is 15.8 Å². The second-order valence-electron chi connectivity index (χ2n) is 8.13. The van der Waals surface area contributed by atoms with E-state index < -0.39 is 10.1 Å². The summed E-state index contributed by atoms with van der Waals surface area (Å²) in [6, 6.07) is 23.8. The molecule has 0 atom stereocenters. The van der Waals surface area contributed by atoms with E-state index in [2.05, 4.69) is 38.4 Å². The first-order valence-electron chi connectivity index (χ1n) is 11.1. The van der Waals surface area contributed by atoms with E-state index in [1.54, 1.807) is 12.1 Å². The number of hydrogen-bond donors (Lipinski definition) is 3. The van der Waals surface area contributed by atoms with Crippen LogP contribution in [0.4, 0.5) is 11.4 Å². The molecule has 36 heavy (non-hydrogen) atoms. The first-order chi connectivity index (χ1) is 17.1. The van der Waals surface area contributed by atoms with Crippen LogP contribution in [-0.2, 0) is 23.3 Å². The molecule has 0 aliphatic carbocycles. The molecule has 1 heterocycles. The summed E-state index contributed by atoms with van der Waals surface area (Å²) in [5, 5.41) is 3.36. The molecule has 0 amide bonds. The summed E-state index contributed by atoms with van der Waals surface area (Å²) in [5.41, 5.74) is 11.8. The van der Waals surface area contributed by atoms with Gasteiger partial charge in [-0.3, -0.25) is 9.54 Å². The van der Waals surface area contributed by atoms with Crippen molar-refractivity contribution < 1.29 is 17.7 Å². The van der Waals surface area contributed by atoms with Gasteiger partial charge in [0, 0.05) is 23.3 Å². The number of hydrogen-bond acceptors (Lipinski definition) is 6. The summed E-state index contributed by atoms with van der Waals surface area (Å²) >= 11 is 3.44. The van der Waals surface area contributed by atoms with Gasteiger partial charge in [-0.2, -0.15) is 8.42 Å². The van der Waals surface area contributed by atoms with Crippen LogP contribution >= 0.6 is 15.9 Å². The van der Waals surface area contributed by atoms with Gasteiger partial charge in [0.15, 0.2) is 0 Å². The molecule has 0 saturated carbocycles. The minimum atomic E-state index is -4.02. The second-order valence-corrected chi connectivity index (χ2v) is 10.5. The van der Waals surface area contributed by atoms with Crippen molar-refractivity contribution in [2.24, 2.45) is 0 Å². The van der Waals surface area contributed by atoms with E-state index in [4.69, 9.17) is 15.0 Å². The lowest BCUT2D eigenvalue weighted by molar-refractivity contribution is 0.301. The van der Waals surface area contributed by atoms with E-state index >= 15 is 0 Å².